The molecule has 1 amide bonds. The Kier molecular flexibility index (Phi) is 5.65. The third-order valence-electron chi connectivity index (χ3n) is 7.65. The van der Waals surface area contributed by atoms with Crippen LogP contribution in [0.4, 0.5) is 5.69 Å². The Morgan fingerprint density at radius 3 is 2.86 bits per heavy atom. The van der Waals surface area contributed by atoms with E-state index in [2.05, 4.69) is 39.4 Å². The molecular weight excluding hydrogens is 464 g/mol. The molecule has 1 aliphatic heterocycles. The molecule has 0 spiro atoms. The van der Waals surface area contributed by atoms with Gasteiger partial charge in [-0.25, -0.2) is 9.97 Å². The van der Waals surface area contributed by atoms with Gasteiger partial charge in [0.1, 0.15) is 23.2 Å². The summed E-state index contributed by atoms with van der Waals surface area (Å²) in [5.74, 6) is 1.39. The molecule has 1 saturated heterocycles. The molecule has 4 N–H and O–H groups in total. The summed E-state index contributed by atoms with van der Waals surface area (Å²) in [5, 5.41) is 4.00. The number of allylic oxidation sites excluding steroid dienone is 1. The highest BCUT2D eigenvalue weighted by atomic mass is 35.5. The first-order valence-corrected chi connectivity index (χ1v) is 12.6. The topological polar surface area (TPSA) is 109 Å². The van der Waals surface area contributed by atoms with Gasteiger partial charge in [0.25, 0.3) is 0 Å². The van der Waals surface area contributed by atoms with E-state index >= 15 is 0 Å². The number of benzene rings is 1. The van der Waals surface area contributed by atoms with Crippen molar-refractivity contribution >= 4 is 34.4 Å². The van der Waals surface area contributed by atoms with Gasteiger partial charge in [-0.2, -0.15) is 0 Å². The molecule has 2 aliphatic carbocycles. The predicted octanol–water partition coefficient (Wildman–Crippen LogP) is 3.84. The number of ether oxygens (including phenoxy) is 1. The molecule has 6 rings (SSSR count). The number of aromatic amines is 1. The first kappa shape index (κ1) is 22.4. The summed E-state index contributed by atoms with van der Waals surface area (Å²) in [6, 6.07) is 7.86. The van der Waals surface area contributed by atoms with E-state index in [9.17, 15) is 4.79 Å². The summed E-state index contributed by atoms with van der Waals surface area (Å²) in [6.07, 6.45) is 9.07. The Morgan fingerprint density at radius 2 is 2.06 bits per heavy atom. The van der Waals surface area contributed by atoms with E-state index in [-0.39, 0.29) is 35.8 Å². The van der Waals surface area contributed by atoms with Crippen molar-refractivity contribution in [3.8, 4) is 17.1 Å². The molecule has 1 aromatic carbocycles. The van der Waals surface area contributed by atoms with Gasteiger partial charge in [0.05, 0.1) is 22.8 Å². The fraction of sp³-hybridized carbons (Fsp3) is 0.423. The smallest absolute Gasteiger partial charge is 0.223 e. The number of pyridine rings is 1. The molecule has 4 atom stereocenters. The Balaban J connectivity index is 1.29. The van der Waals surface area contributed by atoms with Crippen molar-refractivity contribution in [3.63, 3.8) is 0 Å². The number of primary amides is 1. The van der Waals surface area contributed by atoms with Crippen LogP contribution in [0, 0.1) is 17.8 Å². The SMILES string of the molecule is CN1CCC(Oc2cccc(-c3nc4ncc(Cl)c(N[C@H]5[C@@H](C(N)=O)[C@@H]6C=C[C@H]5C6)c4[nH]3)c2)CC1. The fourth-order valence-corrected chi connectivity index (χ4v) is 5.99. The molecule has 0 radical (unpaired) electrons. The second kappa shape index (κ2) is 8.84. The van der Waals surface area contributed by atoms with Gasteiger partial charge in [0.15, 0.2) is 5.65 Å². The number of piperidine rings is 1. The molecule has 9 heteroatoms. The van der Waals surface area contributed by atoms with Crippen molar-refractivity contribution in [2.24, 2.45) is 23.5 Å². The molecule has 3 aliphatic rings. The summed E-state index contributed by atoms with van der Waals surface area (Å²) in [4.78, 5) is 27.1. The van der Waals surface area contributed by atoms with Crippen LogP contribution in [0.25, 0.3) is 22.6 Å². The molecule has 2 fully saturated rings. The monoisotopic (exact) mass is 492 g/mol. The van der Waals surface area contributed by atoms with Crippen molar-refractivity contribution in [2.75, 3.05) is 25.5 Å². The number of carbonyl (C=O) groups excluding carboxylic acids is 1. The first-order valence-electron chi connectivity index (χ1n) is 12.2. The van der Waals surface area contributed by atoms with E-state index in [0.29, 0.717) is 27.7 Å². The van der Waals surface area contributed by atoms with Gasteiger partial charge in [0, 0.05) is 24.7 Å². The second-order valence-electron chi connectivity index (χ2n) is 9.96. The highest BCUT2D eigenvalue weighted by Gasteiger charge is 2.47. The number of likely N-dealkylation sites (tertiary alicyclic amines) is 1. The minimum Gasteiger partial charge on any atom is -0.490 e. The first-order chi connectivity index (χ1) is 17.0. The lowest BCUT2D eigenvalue weighted by atomic mass is 9.88. The molecule has 2 bridgehead atoms. The Labute approximate surface area is 208 Å². The highest BCUT2D eigenvalue weighted by molar-refractivity contribution is 6.34. The third kappa shape index (κ3) is 4.15. The number of amides is 1. The number of halogens is 1. The third-order valence-corrected chi connectivity index (χ3v) is 7.93. The molecular formula is C26H29ClN6O2. The summed E-state index contributed by atoms with van der Waals surface area (Å²) < 4.78 is 6.27. The number of nitrogens with two attached hydrogens (primary N) is 1. The number of aromatic nitrogens is 3. The zero-order chi connectivity index (χ0) is 24.1. The number of hydrogen-bond acceptors (Lipinski definition) is 6. The summed E-state index contributed by atoms with van der Waals surface area (Å²) in [6.45, 7) is 2.09. The molecule has 35 heavy (non-hydrogen) atoms. The van der Waals surface area contributed by atoms with Crippen LogP contribution < -0.4 is 15.8 Å². The van der Waals surface area contributed by atoms with Crippen LogP contribution in [0.3, 0.4) is 0 Å². The van der Waals surface area contributed by atoms with E-state index in [1.165, 1.54) is 0 Å². The van der Waals surface area contributed by atoms with Gasteiger partial charge in [-0.15, -0.1) is 0 Å². The van der Waals surface area contributed by atoms with Crippen molar-refractivity contribution in [2.45, 2.75) is 31.4 Å². The van der Waals surface area contributed by atoms with E-state index in [1.54, 1.807) is 6.20 Å². The molecule has 1 saturated carbocycles. The van der Waals surface area contributed by atoms with Crippen LogP contribution in [-0.2, 0) is 4.79 Å². The van der Waals surface area contributed by atoms with Crippen LogP contribution in [0.15, 0.2) is 42.6 Å². The molecule has 3 aromatic rings. The number of nitrogens with one attached hydrogen (secondary N) is 2. The average molecular weight is 493 g/mol. The lowest BCUT2D eigenvalue weighted by molar-refractivity contribution is -0.122. The number of nitrogens with zero attached hydrogens (tertiary/aromatic N) is 3. The van der Waals surface area contributed by atoms with Gasteiger partial charge in [-0.1, -0.05) is 35.9 Å². The van der Waals surface area contributed by atoms with E-state index in [1.807, 2.05) is 24.3 Å². The number of anilines is 1. The minimum absolute atomic E-state index is 0.108. The minimum atomic E-state index is -0.285. The van der Waals surface area contributed by atoms with Gasteiger partial charge >= 0.3 is 0 Å². The van der Waals surface area contributed by atoms with Crippen molar-refractivity contribution in [1.29, 1.82) is 0 Å². The number of carbonyl (C=O) groups is 1. The van der Waals surface area contributed by atoms with Gasteiger partial charge in [-0.05, 0) is 50.3 Å². The lowest BCUT2D eigenvalue weighted by Gasteiger charge is -2.29. The average Bonchev–Trinajstić information content (AvgIpc) is 3.57. The Bertz CT molecular complexity index is 1300. The number of imidazole rings is 1. The van der Waals surface area contributed by atoms with Crippen molar-refractivity contribution in [3.05, 3.63) is 47.6 Å². The van der Waals surface area contributed by atoms with Crippen molar-refractivity contribution in [1.82, 2.24) is 19.9 Å². The quantitative estimate of drug-likeness (QED) is 0.451. The zero-order valence-corrected chi connectivity index (χ0v) is 20.3. The van der Waals surface area contributed by atoms with E-state index in [0.717, 1.165) is 43.7 Å². The van der Waals surface area contributed by atoms with Crippen LogP contribution in [0.5, 0.6) is 5.75 Å². The van der Waals surface area contributed by atoms with Gasteiger partial charge in [0.2, 0.25) is 5.91 Å². The summed E-state index contributed by atoms with van der Waals surface area (Å²) in [7, 11) is 2.14. The Hall–Kier alpha value is -3.10. The number of hydrogen-bond donors (Lipinski definition) is 3. The number of rotatable bonds is 6. The van der Waals surface area contributed by atoms with Crippen molar-refractivity contribution < 1.29 is 9.53 Å². The van der Waals surface area contributed by atoms with Crippen LogP contribution in [0.2, 0.25) is 5.02 Å². The normalized spacial score (nSPS) is 26.5. The predicted molar refractivity (Wildman–Crippen MR) is 136 cm³/mol. The van der Waals surface area contributed by atoms with Gasteiger partial charge in [-0.3, -0.25) is 4.79 Å². The highest BCUT2D eigenvalue weighted by Crippen LogP contribution is 2.46. The molecule has 0 unspecified atom stereocenters. The lowest BCUT2D eigenvalue weighted by Crippen LogP contribution is -2.41. The molecule has 2 aromatic heterocycles. The number of H-pyrrole nitrogens is 1. The maximum atomic E-state index is 12.2. The Morgan fingerprint density at radius 1 is 1.26 bits per heavy atom. The molecule has 3 heterocycles. The molecule has 182 valence electrons. The van der Waals surface area contributed by atoms with Gasteiger partial charge < -0.3 is 25.7 Å². The number of fused-ring (bicyclic) bond motifs is 3. The fourth-order valence-electron chi connectivity index (χ4n) is 5.80. The largest absolute Gasteiger partial charge is 0.490 e. The van der Waals surface area contributed by atoms with E-state index in [4.69, 9.17) is 27.1 Å². The van der Waals surface area contributed by atoms with Crippen LogP contribution in [0.1, 0.15) is 19.3 Å². The van der Waals surface area contributed by atoms with E-state index < -0.39 is 0 Å². The maximum absolute atomic E-state index is 12.2. The zero-order valence-electron chi connectivity index (χ0n) is 19.6. The summed E-state index contributed by atoms with van der Waals surface area (Å²) >= 11 is 6.58. The maximum Gasteiger partial charge on any atom is 0.223 e. The van der Waals surface area contributed by atoms with Crippen LogP contribution >= 0.6 is 11.6 Å². The standard InChI is InChI=1S/C26H29ClN6O2/c1-33-9-7-17(8-10-33)35-18-4-2-3-16(12-18)25-31-23-22(19(27)13-29-26(23)32-25)30-21-15-6-5-14(11-15)20(21)24(28)34/h2-6,12-15,17,20-21H,7-11H2,1H3,(H2,28,34)(H2,29,30,31,32)/t14-,15+,20+,21-/m1/s1. The second-order valence-corrected chi connectivity index (χ2v) is 10.4. The summed E-state index contributed by atoms with van der Waals surface area (Å²) in [5.41, 5.74) is 8.64. The van der Waals surface area contributed by atoms with Crippen LogP contribution in [-0.4, -0.2) is 58.0 Å². The molecule has 8 nitrogen and oxygen atoms in total.